The number of aromatic nitrogens is 1. The summed E-state index contributed by atoms with van der Waals surface area (Å²) in [6.07, 6.45) is 0. The summed E-state index contributed by atoms with van der Waals surface area (Å²) in [7, 11) is 0. The molecule has 0 spiro atoms. The maximum absolute atomic E-state index is 11.5. The second-order valence-electron chi connectivity index (χ2n) is 3.03. The van der Waals surface area contributed by atoms with Crippen molar-refractivity contribution in [1.82, 2.24) is 4.98 Å². The molecule has 0 aliphatic rings. The Balaban J connectivity index is 3.14. The van der Waals surface area contributed by atoms with E-state index in [1.807, 2.05) is 6.92 Å². The van der Waals surface area contributed by atoms with Crippen LogP contribution >= 0.6 is 0 Å². The van der Waals surface area contributed by atoms with Crippen molar-refractivity contribution >= 4 is 11.7 Å². The van der Waals surface area contributed by atoms with Crippen LogP contribution in [0, 0.1) is 13.8 Å². The molecule has 0 fully saturated rings. The van der Waals surface area contributed by atoms with Gasteiger partial charge in [0.2, 0.25) is 0 Å². The Morgan fingerprint density at radius 1 is 1.57 bits per heavy atom. The molecule has 0 aliphatic carbocycles. The monoisotopic (exact) mass is 194 g/mol. The van der Waals surface area contributed by atoms with Crippen LogP contribution in [0.1, 0.15) is 28.7 Å². The molecule has 1 heterocycles. The van der Waals surface area contributed by atoms with Crippen LogP contribution in [0.15, 0.2) is 6.07 Å². The zero-order valence-electron chi connectivity index (χ0n) is 8.63. The Hall–Kier alpha value is -1.58. The van der Waals surface area contributed by atoms with Crippen LogP contribution in [0.4, 0.5) is 5.69 Å². The Labute approximate surface area is 83.1 Å². The summed E-state index contributed by atoms with van der Waals surface area (Å²) in [5, 5.41) is 0. The van der Waals surface area contributed by atoms with Gasteiger partial charge in [-0.1, -0.05) is 0 Å². The predicted octanol–water partition coefficient (Wildman–Crippen LogP) is 1.46. The van der Waals surface area contributed by atoms with Crippen molar-refractivity contribution in [1.29, 1.82) is 0 Å². The Bertz CT molecular complexity index is 338. The minimum atomic E-state index is -0.407. The van der Waals surface area contributed by atoms with Gasteiger partial charge < -0.3 is 10.5 Å². The molecule has 0 atom stereocenters. The Morgan fingerprint density at radius 3 is 2.71 bits per heavy atom. The van der Waals surface area contributed by atoms with Crippen molar-refractivity contribution in [3.63, 3.8) is 0 Å². The van der Waals surface area contributed by atoms with Gasteiger partial charge in [0, 0.05) is 11.4 Å². The van der Waals surface area contributed by atoms with Crippen LogP contribution in [-0.2, 0) is 4.74 Å². The van der Waals surface area contributed by atoms with E-state index in [1.165, 1.54) is 0 Å². The maximum atomic E-state index is 11.5. The van der Waals surface area contributed by atoms with E-state index >= 15 is 0 Å². The number of hydrogen-bond donors (Lipinski definition) is 1. The summed E-state index contributed by atoms with van der Waals surface area (Å²) in [6.45, 7) is 5.67. The summed E-state index contributed by atoms with van der Waals surface area (Å²) in [5.74, 6) is -0.407. The summed E-state index contributed by atoms with van der Waals surface area (Å²) < 4.78 is 4.87. The van der Waals surface area contributed by atoms with Gasteiger partial charge in [-0.3, -0.25) is 4.98 Å². The molecule has 0 amide bonds. The van der Waals surface area contributed by atoms with Crippen LogP contribution < -0.4 is 5.73 Å². The standard InChI is InChI=1S/C10H14N2O2/c1-4-14-10(13)9-7(3)12-6(2)5-8(9)11/h5H,4H2,1-3H3,(H2,11,12). The van der Waals surface area contributed by atoms with E-state index in [2.05, 4.69) is 4.98 Å². The number of aryl methyl sites for hydroxylation is 2. The van der Waals surface area contributed by atoms with Crippen molar-refractivity contribution in [2.45, 2.75) is 20.8 Å². The fraction of sp³-hybridized carbons (Fsp3) is 0.400. The molecule has 76 valence electrons. The van der Waals surface area contributed by atoms with E-state index in [0.717, 1.165) is 5.69 Å². The first kappa shape index (κ1) is 10.5. The zero-order chi connectivity index (χ0) is 10.7. The van der Waals surface area contributed by atoms with Gasteiger partial charge in [0.15, 0.2) is 0 Å². The number of carbonyl (C=O) groups is 1. The van der Waals surface area contributed by atoms with E-state index in [1.54, 1.807) is 19.9 Å². The van der Waals surface area contributed by atoms with E-state index in [4.69, 9.17) is 10.5 Å². The average molecular weight is 194 g/mol. The molecule has 0 aromatic carbocycles. The molecule has 0 unspecified atom stereocenters. The molecular formula is C10H14N2O2. The fourth-order valence-corrected chi connectivity index (χ4v) is 1.33. The molecule has 14 heavy (non-hydrogen) atoms. The molecule has 1 rings (SSSR count). The van der Waals surface area contributed by atoms with Crippen LogP contribution in [0.3, 0.4) is 0 Å². The highest BCUT2D eigenvalue weighted by Crippen LogP contribution is 2.17. The second-order valence-corrected chi connectivity index (χ2v) is 3.03. The van der Waals surface area contributed by atoms with Crippen LogP contribution in [-0.4, -0.2) is 17.6 Å². The Morgan fingerprint density at radius 2 is 2.21 bits per heavy atom. The lowest BCUT2D eigenvalue weighted by molar-refractivity contribution is 0.0526. The highest BCUT2D eigenvalue weighted by atomic mass is 16.5. The number of ether oxygens (including phenoxy) is 1. The smallest absolute Gasteiger partial charge is 0.342 e. The number of anilines is 1. The van der Waals surface area contributed by atoms with Crippen LogP contribution in [0.2, 0.25) is 0 Å². The third-order valence-corrected chi connectivity index (χ3v) is 1.84. The third kappa shape index (κ3) is 2.02. The molecule has 0 bridgehead atoms. The topological polar surface area (TPSA) is 65.2 Å². The molecule has 1 aromatic heterocycles. The number of nitrogens with two attached hydrogens (primary N) is 1. The molecule has 2 N–H and O–H groups in total. The SMILES string of the molecule is CCOC(=O)c1c(N)cc(C)nc1C. The van der Waals surface area contributed by atoms with Crippen molar-refractivity contribution in [3.05, 3.63) is 23.0 Å². The quantitative estimate of drug-likeness (QED) is 0.724. The highest BCUT2D eigenvalue weighted by Gasteiger charge is 2.15. The van der Waals surface area contributed by atoms with E-state index in [0.29, 0.717) is 23.6 Å². The summed E-state index contributed by atoms with van der Waals surface area (Å²) in [6, 6.07) is 1.67. The highest BCUT2D eigenvalue weighted by molar-refractivity contribution is 5.96. The van der Waals surface area contributed by atoms with Gasteiger partial charge in [-0.05, 0) is 26.8 Å². The number of nitrogen functional groups attached to an aromatic ring is 1. The van der Waals surface area contributed by atoms with Crippen LogP contribution in [0.5, 0.6) is 0 Å². The lowest BCUT2D eigenvalue weighted by Gasteiger charge is -2.08. The maximum Gasteiger partial charge on any atom is 0.342 e. The molecule has 4 nitrogen and oxygen atoms in total. The molecule has 0 radical (unpaired) electrons. The molecule has 0 saturated carbocycles. The zero-order valence-corrected chi connectivity index (χ0v) is 8.63. The first-order valence-electron chi connectivity index (χ1n) is 4.47. The Kier molecular flexibility index (Phi) is 3.06. The van der Waals surface area contributed by atoms with Gasteiger partial charge in [0.05, 0.1) is 12.3 Å². The van der Waals surface area contributed by atoms with E-state index < -0.39 is 5.97 Å². The van der Waals surface area contributed by atoms with Gasteiger partial charge in [-0.2, -0.15) is 0 Å². The van der Waals surface area contributed by atoms with Gasteiger partial charge in [-0.25, -0.2) is 4.79 Å². The largest absolute Gasteiger partial charge is 0.462 e. The molecule has 1 aromatic rings. The third-order valence-electron chi connectivity index (χ3n) is 1.84. The first-order valence-corrected chi connectivity index (χ1v) is 4.47. The normalized spacial score (nSPS) is 9.93. The van der Waals surface area contributed by atoms with Gasteiger partial charge in [0.1, 0.15) is 5.56 Å². The molecule has 0 aliphatic heterocycles. The minimum Gasteiger partial charge on any atom is -0.462 e. The molecule has 4 heteroatoms. The minimum absolute atomic E-state index is 0.339. The van der Waals surface area contributed by atoms with Crippen LogP contribution in [0.25, 0.3) is 0 Å². The molecule has 0 saturated heterocycles. The van der Waals surface area contributed by atoms with Gasteiger partial charge in [-0.15, -0.1) is 0 Å². The summed E-state index contributed by atoms with van der Waals surface area (Å²) in [4.78, 5) is 15.6. The van der Waals surface area contributed by atoms with Gasteiger partial charge >= 0.3 is 5.97 Å². The van der Waals surface area contributed by atoms with Crippen molar-refractivity contribution in [2.75, 3.05) is 12.3 Å². The van der Waals surface area contributed by atoms with Crippen molar-refractivity contribution in [2.24, 2.45) is 0 Å². The second kappa shape index (κ2) is 4.09. The fourth-order valence-electron chi connectivity index (χ4n) is 1.33. The number of hydrogen-bond acceptors (Lipinski definition) is 4. The average Bonchev–Trinajstić information content (AvgIpc) is 2.01. The van der Waals surface area contributed by atoms with Crippen molar-refractivity contribution < 1.29 is 9.53 Å². The lowest BCUT2D eigenvalue weighted by Crippen LogP contribution is -2.11. The number of carbonyl (C=O) groups excluding carboxylic acids is 1. The number of rotatable bonds is 2. The van der Waals surface area contributed by atoms with E-state index in [9.17, 15) is 4.79 Å². The number of nitrogens with zero attached hydrogens (tertiary/aromatic N) is 1. The molecular weight excluding hydrogens is 180 g/mol. The van der Waals surface area contributed by atoms with Crippen molar-refractivity contribution in [3.8, 4) is 0 Å². The number of esters is 1. The van der Waals surface area contributed by atoms with Gasteiger partial charge in [0.25, 0.3) is 0 Å². The predicted molar refractivity (Wildman–Crippen MR) is 54.1 cm³/mol. The first-order chi connectivity index (χ1) is 6.56. The number of pyridine rings is 1. The van der Waals surface area contributed by atoms with E-state index in [-0.39, 0.29) is 0 Å². The lowest BCUT2D eigenvalue weighted by atomic mass is 10.1. The summed E-state index contributed by atoms with van der Waals surface area (Å²) in [5.41, 5.74) is 7.92. The summed E-state index contributed by atoms with van der Waals surface area (Å²) >= 11 is 0.